The second-order valence-corrected chi connectivity index (χ2v) is 6.03. The zero-order chi connectivity index (χ0) is 18.6. The number of benzene rings is 1. The van der Waals surface area contributed by atoms with Crippen molar-refractivity contribution in [1.82, 2.24) is 39.9 Å². The number of imidazole rings is 1. The molecule has 0 aliphatic heterocycles. The van der Waals surface area contributed by atoms with E-state index in [-0.39, 0.29) is 18.5 Å². The standard InChI is InChI=1S/C18H18N8O/c1-2-14(15-11-25-10-6-9-19-18(25)21-15)20-16(27)12-26-23-17(22-24-26)13-7-4-3-5-8-13/h3-11,14H,2,12H2,1H3,(H,20,27)/t14-/m1/s1. The molecule has 3 heterocycles. The smallest absolute Gasteiger partial charge is 0.244 e. The van der Waals surface area contributed by atoms with E-state index in [2.05, 4.69) is 30.7 Å². The largest absolute Gasteiger partial charge is 0.346 e. The molecule has 0 fully saturated rings. The average molecular weight is 362 g/mol. The van der Waals surface area contributed by atoms with Crippen molar-refractivity contribution < 1.29 is 4.79 Å². The van der Waals surface area contributed by atoms with Crippen molar-refractivity contribution in [2.75, 3.05) is 0 Å². The Hall–Kier alpha value is -3.62. The van der Waals surface area contributed by atoms with Crippen LogP contribution in [0.1, 0.15) is 25.1 Å². The third-order valence-corrected chi connectivity index (χ3v) is 4.12. The molecule has 0 saturated carbocycles. The van der Waals surface area contributed by atoms with E-state index in [1.54, 1.807) is 6.20 Å². The van der Waals surface area contributed by atoms with Crippen molar-refractivity contribution in [3.05, 3.63) is 60.7 Å². The van der Waals surface area contributed by atoms with Gasteiger partial charge in [0.1, 0.15) is 6.54 Å². The lowest BCUT2D eigenvalue weighted by atomic mass is 10.1. The summed E-state index contributed by atoms with van der Waals surface area (Å²) < 4.78 is 1.83. The van der Waals surface area contributed by atoms with Crippen LogP contribution in [0, 0.1) is 0 Å². The van der Waals surface area contributed by atoms with E-state index >= 15 is 0 Å². The van der Waals surface area contributed by atoms with E-state index < -0.39 is 0 Å². The van der Waals surface area contributed by atoms with Gasteiger partial charge in [0.05, 0.1) is 11.7 Å². The van der Waals surface area contributed by atoms with Crippen LogP contribution in [0.4, 0.5) is 0 Å². The van der Waals surface area contributed by atoms with E-state index in [0.29, 0.717) is 18.0 Å². The lowest BCUT2D eigenvalue weighted by Gasteiger charge is -2.14. The number of aromatic nitrogens is 7. The fourth-order valence-corrected chi connectivity index (χ4v) is 2.78. The van der Waals surface area contributed by atoms with Crippen molar-refractivity contribution in [2.45, 2.75) is 25.9 Å². The summed E-state index contributed by atoms with van der Waals surface area (Å²) in [5, 5.41) is 15.2. The first-order chi connectivity index (χ1) is 13.2. The summed E-state index contributed by atoms with van der Waals surface area (Å²) in [7, 11) is 0. The molecular weight excluding hydrogens is 344 g/mol. The number of amides is 1. The molecule has 9 nitrogen and oxygen atoms in total. The molecule has 1 amide bonds. The minimum Gasteiger partial charge on any atom is -0.346 e. The number of fused-ring (bicyclic) bond motifs is 1. The number of carbonyl (C=O) groups is 1. The molecule has 0 aliphatic rings. The molecule has 9 heteroatoms. The first-order valence-electron chi connectivity index (χ1n) is 8.65. The number of hydrogen-bond donors (Lipinski definition) is 1. The first kappa shape index (κ1) is 16.8. The van der Waals surface area contributed by atoms with Crippen LogP contribution < -0.4 is 5.32 Å². The van der Waals surface area contributed by atoms with Crippen LogP contribution in [0.2, 0.25) is 0 Å². The van der Waals surface area contributed by atoms with Gasteiger partial charge in [-0.1, -0.05) is 37.3 Å². The minimum atomic E-state index is -0.212. The number of hydrogen-bond acceptors (Lipinski definition) is 6. The predicted molar refractivity (Wildman–Crippen MR) is 97.4 cm³/mol. The van der Waals surface area contributed by atoms with Gasteiger partial charge in [0, 0.05) is 24.2 Å². The van der Waals surface area contributed by atoms with Gasteiger partial charge in [-0.25, -0.2) is 9.97 Å². The number of tetrazole rings is 1. The highest BCUT2D eigenvalue weighted by Crippen LogP contribution is 2.16. The van der Waals surface area contributed by atoms with E-state index in [1.165, 1.54) is 4.80 Å². The van der Waals surface area contributed by atoms with E-state index in [9.17, 15) is 4.79 Å². The minimum absolute atomic E-state index is 0.0119. The molecule has 27 heavy (non-hydrogen) atoms. The van der Waals surface area contributed by atoms with Crippen molar-refractivity contribution in [1.29, 1.82) is 0 Å². The van der Waals surface area contributed by atoms with Gasteiger partial charge in [0.25, 0.3) is 0 Å². The van der Waals surface area contributed by atoms with Crippen molar-refractivity contribution >= 4 is 11.7 Å². The summed E-state index contributed by atoms with van der Waals surface area (Å²) in [4.78, 5) is 22.4. The Labute approximate surface area is 155 Å². The van der Waals surface area contributed by atoms with Crippen LogP contribution in [-0.2, 0) is 11.3 Å². The second kappa shape index (κ2) is 7.32. The molecule has 4 rings (SSSR count). The molecule has 1 aromatic carbocycles. The average Bonchev–Trinajstić information content (AvgIpc) is 3.33. The Balaban J connectivity index is 1.44. The van der Waals surface area contributed by atoms with Crippen molar-refractivity contribution in [3.63, 3.8) is 0 Å². The highest BCUT2D eigenvalue weighted by molar-refractivity contribution is 5.76. The molecule has 1 atom stereocenters. The first-order valence-corrected chi connectivity index (χ1v) is 8.65. The number of nitrogens with zero attached hydrogens (tertiary/aromatic N) is 7. The van der Waals surface area contributed by atoms with Gasteiger partial charge >= 0.3 is 0 Å². The molecule has 0 aliphatic carbocycles. The Bertz CT molecular complexity index is 1020. The highest BCUT2D eigenvalue weighted by atomic mass is 16.2. The highest BCUT2D eigenvalue weighted by Gasteiger charge is 2.17. The molecule has 3 aromatic heterocycles. The zero-order valence-corrected chi connectivity index (χ0v) is 14.7. The Morgan fingerprint density at radius 1 is 1.22 bits per heavy atom. The maximum Gasteiger partial charge on any atom is 0.244 e. The molecule has 1 N–H and O–H groups in total. The van der Waals surface area contributed by atoms with Gasteiger partial charge in [-0.15, -0.1) is 10.2 Å². The molecule has 0 bridgehead atoms. The van der Waals surface area contributed by atoms with Gasteiger partial charge in [0.2, 0.25) is 17.5 Å². The molecule has 0 unspecified atom stereocenters. The molecule has 4 aromatic rings. The van der Waals surface area contributed by atoms with Gasteiger partial charge < -0.3 is 5.32 Å². The lowest BCUT2D eigenvalue weighted by Crippen LogP contribution is -2.32. The molecule has 136 valence electrons. The predicted octanol–water partition coefficient (Wildman–Crippen LogP) is 1.65. The third kappa shape index (κ3) is 3.66. The van der Waals surface area contributed by atoms with Crippen LogP contribution in [0.25, 0.3) is 17.2 Å². The number of rotatable bonds is 6. The maximum atomic E-state index is 12.4. The topological polar surface area (TPSA) is 103 Å². The van der Waals surface area contributed by atoms with Gasteiger partial charge in [0.15, 0.2) is 0 Å². The summed E-state index contributed by atoms with van der Waals surface area (Å²) >= 11 is 0. The van der Waals surface area contributed by atoms with Crippen LogP contribution >= 0.6 is 0 Å². The zero-order valence-electron chi connectivity index (χ0n) is 14.7. The SMILES string of the molecule is CC[C@@H](NC(=O)Cn1nnc(-c2ccccc2)n1)c1cn2cccnc2n1. The molecule has 0 saturated heterocycles. The van der Waals surface area contributed by atoms with Crippen LogP contribution in [-0.4, -0.2) is 40.5 Å². The lowest BCUT2D eigenvalue weighted by molar-refractivity contribution is -0.122. The Morgan fingerprint density at radius 3 is 2.85 bits per heavy atom. The van der Waals surface area contributed by atoms with Gasteiger partial charge in [-0.3, -0.25) is 9.20 Å². The third-order valence-electron chi connectivity index (χ3n) is 4.12. The molecule has 0 radical (unpaired) electrons. The summed E-state index contributed by atoms with van der Waals surface area (Å²) in [5.41, 5.74) is 1.62. The number of nitrogens with one attached hydrogen (secondary N) is 1. The van der Waals surface area contributed by atoms with Gasteiger partial charge in [-0.05, 0) is 17.7 Å². The Morgan fingerprint density at radius 2 is 2.07 bits per heavy atom. The fourth-order valence-electron chi connectivity index (χ4n) is 2.78. The van der Waals surface area contributed by atoms with E-state index in [1.807, 2.05) is 60.1 Å². The number of carbonyl (C=O) groups excluding carboxylic acids is 1. The van der Waals surface area contributed by atoms with Crippen molar-refractivity contribution in [3.8, 4) is 11.4 Å². The van der Waals surface area contributed by atoms with Crippen molar-refractivity contribution in [2.24, 2.45) is 0 Å². The van der Waals surface area contributed by atoms with Crippen LogP contribution in [0.15, 0.2) is 55.0 Å². The fraction of sp³-hybridized carbons (Fsp3) is 0.222. The van der Waals surface area contributed by atoms with E-state index in [4.69, 9.17) is 0 Å². The van der Waals surface area contributed by atoms with E-state index in [0.717, 1.165) is 11.3 Å². The maximum absolute atomic E-state index is 12.4. The summed E-state index contributed by atoms with van der Waals surface area (Å²) in [5.74, 6) is 0.886. The Kier molecular flexibility index (Phi) is 4.56. The van der Waals surface area contributed by atoms with Crippen LogP contribution in [0.3, 0.4) is 0 Å². The molecule has 0 spiro atoms. The monoisotopic (exact) mass is 362 g/mol. The molecular formula is C18H18N8O. The summed E-state index contributed by atoms with van der Waals surface area (Å²) in [6.07, 6.45) is 6.14. The quantitative estimate of drug-likeness (QED) is 0.559. The van der Waals surface area contributed by atoms with Crippen LogP contribution in [0.5, 0.6) is 0 Å². The summed E-state index contributed by atoms with van der Waals surface area (Å²) in [6, 6.07) is 11.1. The van der Waals surface area contributed by atoms with Gasteiger partial charge in [-0.2, -0.15) is 4.80 Å². The second-order valence-electron chi connectivity index (χ2n) is 6.03. The summed E-state index contributed by atoms with van der Waals surface area (Å²) in [6.45, 7) is 1.98. The normalized spacial score (nSPS) is 12.2.